The molecule has 17 heavy (non-hydrogen) atoms. The van der Waals surface area contributed by atoms with Gasteiger partial charge in [0.1, 0.15) is 5.82 Å². The summed E-state index contributed by atoms with van der Waals surface area (Å²) in [6, 6.07) is 0. The average Bonchev–Trinajstić information content (AvgIpc) is 2.96. The van der Waals surface area contributed by atoms with E-state index in [1.54, 1.807) is 0 Å². The molecule has 3 heteroatoms. The molecule has 0 unspecified atom stereocenters. The molecule has 0 bridgehead atoms. The van der Waals surface area contributed by atoms with E-state index in [-0.39, 0.29) is 0 Å². The number of hydrogen-bond donors (Lipinski definition) is 2. The molecule has 0 saturated heterocycles. The van der Waals surface area contributed by atoms with E-state index in [4.69, 9.17) is 5.73 Å². The topological polar surface area (TPSA) is 54.7 Å². The van der Waals surface area contributed by atoms with Crippen molar-refractivity contribution >= 4 is 0 Å². The maximum absolute atomic E-state index is 5.51. The molecule has 1 aromatic heterocycles. The first-order valence-corrected chi connectivity index (χ1v) is 7.11. The molecule has 0 aromatic carbocycles. The van der Waals surface area contributed by atoms with Crippen molar-refractivity contribution < 1.29 is 0 Å². The summed E-state index contributed by atoms with van der Waals surface area (Å²) in [5.74, 6) is 2.17. The first-order valence-electron chi connectivity index (χ1n) is 7.11. The molecule has 0 radical (unpaired) electrons. The Labute approximate surface area is 104 Å². The number of hydrogen-bond acceptors (Lipinski definition) is 2. The van der Waals surface area contributed by atoms with E-state index in [0.29, 0.717) is 6.54 Å². The van der Waals surface area contributed by atoms with Crippen molar-refractivity contribution in [1.82, 2.24) is 9.97 Å². The molecule has 96 valence electrons. The van der Waals surface area contributed by atoms with Gasteiger partial charge in [0.05, 0.1) is 0 Å². The molecule has 1 aromatic rings. The first kappa shape index (κ1) is 12.6. The van der Waals surface area contributed by atoms with E-state index >= 15 is 0 Å². The molecule has 0 spiro atoms. The summed E-state index contributed by atoms with van der Waals surface area (Å²) >= 11 is 0. The lowest BCUT2D eigenvalue weighted by atomic mass is 10.00. The Morgan fingerprint density at radius 3 is 2.82 bits per heavy atom. The fourth-order valence-corrected chi connectivity index (χ4v) is 2.84. The van der Waals surface area contributed by atoms with Gasteiger partial charge in [-0.25, -0.2) is 4.98 Å². The van der Waals surface area contributed by atoms with Gasteiger partial charge in [0.2, 0.25) is 0 Å². The standard InChI is InChI=1S/C14H25N3/c15-10-9-13-11-16-14(17-13)8-4-3-7-12-5-1-2-6-12/h11-12H,1-10,15H2,(H,16,17). The maximum atomic E-state index is 5.51. The monoisotopic (exact) mass is 235 g/mol. The van der Waals surface area contributed by atoms with Crippen molar-refractivity contribution in [2.45, 2.75) is 57.8 Å². The van der Waals surface area contributed by atoms with Gasteiger partial charge in [-0.2, -0.15) is 0 Å². The van der Waals surface area contributed by atoms with Crippen LogP contribution in [0.2, 0.25) is 0 Å². The summed E-state index contributed by atoms with van der Waals surface area (Å²) in [5, 5.41) is 0. The molecular formula is C14H25N3. The van der Waals surface area contributed by atoms with E-state index in [1.807, 2.05) is 6.20 Å². The van der Waals surface area contributed by atoms with E-state index in [9.17, 15) is 0 Å². The van der Waals surface area contributed by atoms with Gasteiger partial charge >= 0.3 is 0 Å². The third kappa shape index (κ3) is 4.15. The Kier molecular flexibility index (Phi) is 5.05. The fraction of sp³-hybridized carbons (Fsp3) is 0.786. The van der Waals surface area contributed by atoms with Crippen LogP contribution in [0.15, 0.2) is 6.20 Å². The lowest BCUT2D eigenvalue weighted by molar-refractivity contribution is 0.472. The minimum atomic E-state index is 0.698. The van der Waals surface area contributed by atoms with Crippen molar-refractivity contribution in [2.75, 3.05) is 6.54 Å². The highest BCUT2D eigenvalue weighted by atomic mass is 14.9. The van der Waals surface area contributed by atoms with Crippen LogP contribution in [-0.2, 0) is 12.8 Å². The normalized spacial score (nSPS) is 16.8. The van der Waals surface area contributed by atoms with Gasteiger partial charge in [0.25, 0.3) is 0 Å². The Hall–Kier alpha value is -0.830. The minimum absolute atomic E-state index is 0.698. The van der Waals surface area contributed by atoms with Crippen LogP contribution in [0.1, 0.15) is 56.5 Å². The number of nitrogens with two attached hydrogens (primary N) is 1. The summed E-state index contributed by atoms with van der Waals surface area (Å²) in [7, 11) is 0. The predicted molar refractivity (Wildman–Crippen MR) is 70.9 cm³/mol. The summed E-state index contributed by atoms with van der Waals surface area (Å²) in [4.78, 5) is 7.74. The number of rotatable bonds is 7. The van der Waals surface area contributed by atoms with Crippen LogP contribution in [0, 0.1) is 5.92 Å². The van der Waals surface area contributed by atoms with Crippen molar-refractivity contribution in [3.05, 3.63) is 17.7 Å². The summed E-state index contributed by atoms with van der Waals surface area (Å²) in [5.41, 5.74) is 6.69. The average molecular weight is 235 g/mol. The second kappa shape index (κ2) is 6.80. The molecule has 1 fully saturated rings. The van der Waals surface area contributed by atoms with Gasteiger partial charge in [-0.15, -0.1) is 0 Å². The number of imidazole rings is 1. The number of H-pyrrole nitrogens is 1. The zero-order valence-corrected chi connectivity index (χ0v) is 10.8. The highest BCUT2D eigenvalue weighted by Crippen LogP contribution is 2.29. The second-order valence-electron chi connectivity index (χ2n) is 5.29. The largest absolute Gasteiger partial charge is 0.346 e. The quantitative estimate of drug-likeness (QED) is 0.714. The van der Waals surface area contributed by atoms with Crippen molar-refractivity contribution in [1.29, 1.82) is 0 Å². The van der Waals surface area contributed by atoms with Gasteiger partial charge in [-0.05, 0) is 18.9 Å². The van der Waals surface area contributed by atoms with Crippen LogP contribution in [0.5, 0.6) is 0 Å². The Balaban J connectivity index is 1.60. The molecule has 1 saturated carbocycles. The van der Waals surface area contributed by atoms with Crippen LogP contribution >= 0.6 is 0 Å². The van der Waals surface area contributed by atoms with Crippen LogP contribution in [0.4, 0.5) is 0 Å². The van der Waals surface area contributed by atoms with E-state index in [2.05, 4.69) is 9.97 Å². The Morgan fingerprint density at radius 1 is 1.24 bits per heavy atom. The van der Waals surface area contributed by atoms with Crippen LogP contribution < -0.4 is 5.73 Å². The number of aromatic amines is 1. The minimum Gasteiger partial charge on any atom is -0.346 e. The molecular weight excluding hydrogens is 210 g/mol. The van der Waals surface area contributed by atoms with Crippen molar-refractivity contribution in [3.8, 4) is 0 Å². The van der Waals surface area contributed by atoms with Crippen molar-refractivity contribution in [2.24, 2.45) is 11.7 Å². The summed E-state index contributed by atoms with van der Waals surface area (Å²) in [6.07, 6.45) is 13.9. The third-order valence-corrected chi connectivity index (χ3v) is 3.85. The number of aromatic nitrogens is 2. The molecule has 1 aliphatic carbocycles. The molecule has 1 heterocycles. The van der Waals surface area contributed by atoms with Crippen LogP contribution in [0.3, 0.4) is 0 Å². The molecule has 0 amide bonds. The van der Waals surface area contributed by atoms with Crippen LogP contribution in [0.25, 0.3) is 0 Å². The fourth-order valence-electron chi connectivity index (χ4n) is 2.84. The zero-order valence-electron chi connectivity index (χ0n) is 10.8. The number of unbranched alkanes of at least 4 members (excludes halogenated alkanes) is 1. The summed E-state index contributed by atoms with van der Waals surface area (Å²) in [6.45, 7) is 0.698. The lowest BCUT2D eigenvalue weighted by Crippen LogP contribution is -2.02. The highest BCUT2D eigenvalue weighted by Gasteiger charge is 2.13. The molecule has 0 atom stereocenters. The number of nitrogens with one attached hydrogen (secondary N) is 1. The van der Waals surface area contributed by atoms with Crippen molar-refractivity contribution in [3.63, 3.8) is 0 Å². The SMILES string of the molecule is NCCc1cnc(CCCCC2CCCC2)[nH]1. The molecule has 3 N–H and O–H groups in total. The van der Waals surface area contributed by atoms with Gasteiger partial charge in [0.15, 0.2) is 0 Å². The third-order valence-electron chi connectivity index (χ3n) is 3.85. The smallest absolute Gasteiger partial charge is 0.106 e. The van der Waals surface area contributed by atoms with E-state index < -0.39 is 0 Å². The maximum Gasteiger partial charge on any atom is 0.106 e. The molecule has 2 rings (SSSR count). The molecule has 0 aliphatic heterocycles. The van der Waals surface area contributed by atoms with Crippen LogP contribution in [-0.4, -0.2) is 16.5 Å². The predicted octanol–water partition coefficient (Wildman–Crippen LogP) is 2.81. The van der Waals surface area contributed by atoms with Gasteiger partial charge in [-0.3, -0.25) is 0 Å². The van der Waals surface area contributed by atoms with Gasteiger partial charge < -0.3 is 10.7 Å². The zero-order chi connectivity index (χ0) is 11.9. The lowest BCUT2D eigenvalue weighted by Gasteiger charge is -2.07. The number of aryl methyl sites for hydroxylation is 1. The first-order chi connectivity index (χ1) is 8.38. The summed E-state index contributed by atoms with van der Waals surface area (Å²) < 4.78 is 0. The highest BCUT2D eigenvalue weighted by molar-refractivity contribution is 5.01. The molecule has 3 nitrogen and oxygen atoms in total. The second-order valence-corrected chi connectivity index (χ2v) is 5.29. The Morgan fingerprint density at radius 2 is 2.06 bits per heavy atom. The Bertz CT molecular complexity index is 313. The molecule has 1 aliphatic rings. The van der Waals surface area contributed by atoms with E-state index in [1.165, 1.54) is 50.6 Å². The van der Waals surface area contributed by atoms with Gasteiger partial charge in [0, 0.05) is 24.7 Å². The van der Waals surface area contributed by atoms with E-state index in [0.717, 1.165) is 24.6 Å². The van der Waals surface area contributed by atoms with Gasteiger partial charge in [-0.1, -0.05) is 38.5 Å². The number of nitrogens with zero attached hydrogens (tertiary/aromatic N) is 1.